The van der Waals surface area contributed by atoms with Crippen LogP contribution in [0.5, 0.6) is 0 Å². The number of nitrogens with zero attached hydrogens (tertiary/aromatic N) is 2. The van der Waals surface area contributed by atoms with Gasteiger partial charge in [-0.05, 0) is 18.7 Å². The maximum Gasteiger partial charge on any atom is 0.371 e. The number of carbonyl (C=O) groups is 1. The van der Waals surface area contributed by atoms with Gasteiger partial charge in [0.05, 0.1) is 12.6 Å². The minimum absolute atomic E-state index is 0.0497. The zero-order valence-electron chi connectivity index (χ0n) is 9.14. The van der Waals surface area contributed by atoms with E-state index in [0.29, 0.717) is 25.3 Å². The standard InChI is InChI=1S/C11H14N2O3/c1-2-13(7-3-6-12)8-9-4-5-10(16-9)11(14)15/h4-5H,2-3,7-8H2,1H3,(H,14,15). The second-order valence-electron chi connectivity index (χ2n) is 3.35. The lowest BCUT2D eigenvalue weighted by Gasteiger charge is -2.16. The molecule has 0 saturated carbocycles. The molecular formula is C11H14N2O3. The zero-order chi connectivity index (χ0) is 12.0. The van der Waals surface area contributed by atoms with Gasteiger partial charge in [0, 0.05) is 13.0 Å². The van der Waals surface area contributed by atoms with Gasteiger partial charge in [0.2, 0.25) is 5.76 Å². The van der Waals surface area contributed by atoms with E-state index in [1.54, 1.807) is 6.07 Å². The van der Waals surface area contributed by atoms with Crippen LogP contribution in [-0.4, -0.2) is 29.1 Å². The summed E-state index contributed by atoms with van der Waals surface area (Å²) in [6.07, 6.45) is 0.459. The van der Waals surface area contributed by atoms with Crippen molar-refractivity contribution in [1.82, 2.24) is 4.90 Å². The highest BCUT2D eigenvalue weighted by Gasteiger charge is 2.11. The van der Waals surface area contributed by atoms with Crippen molar-refractivity contribution in [2.75, 3.05) is 13.1 Å². The Morgan fingerprint density at radius 1 is 1.62 bits per heavy atom. The molecule has 1 N–H and O–H groups in total. The number of carboxylic acids is 1. The van der Waals surface area contributed by atoms with E-state index in [1.165, 1.54) is 6.07 Å². The van der Waals surface area contributed by atoms with Crippen molar-refractivity contribution in [1.29, 1.82) is 5.26 Å². The van der Waals surface area contributed by atoms with Crippen LogP contribution in [0.2, 0.25) is 0 Å². The smallest absolute Gasteiger partial charge is 0.371 e. The Balaban J connectivity index is 2.57. The Bertz CT molecular complexity index is 392. The van der Waals surface area contributed by atoms with Crippen LogP contribution < -0.4 is 0 Å². The van der Waals surface area contributed by atoms with Gasteiger partial charge in [-0.25, -0.2) is 4.79 Å². The number of carboxylic acid groups (broad SMARTS) is 1. The van der Waals surface area contributed by atoms with E-state index < -0.39 is 5.97 Å². The molecule has 1 rings (SSSR count). The molecule has 0 aliphatic heterocycles. The van der Waals surface area contributed by atoms with Gasteiger partial charge in [0.1, 0.15) is 5.76 Å². The number of furan rings is 1. The van der Waals surface area contributed by atoms with Crippen molar-refractivity contribution in [2.24, 2.45) is 0 Å². The van der Waals surface area contributed by atoms with E-state index in [4.69, 9.17) is 14.8 Å². The predicted octanol–water partition coefficient (Wildman–Crippen LogP) is 1.71. The van der Waals surface area contributed by atoms with Crippen LogP contribution in [0.4, 0.5) is 0 Å². The van der Waals surface area contributed by atoms with Crippen molar-refractivity contribution in [3.8, 4) is 6.07 Å². The highest BCUT2D eigenvalue weighted by molar-refractivity contribution is 5.84. The van der Waals surface area contributed by atoms with Gasteiger partial charge in [0.25, 0.3) is 0 Å². The SMILES string of the molecule is CCN(CCC#N)Cc1ccc(C(=O)O)o1. The van der Waals surface area contributed by atoms with Gasteiger partial charge >= 0.3 is 5.97 Å². The second-order valence-corrected chi connectivity index (χ2v) is 3.35. The minimum Gasteiger partial charge on any atom is -0.475 e. The second kappa shape index (κ2) is 5.93. The van der Waals surface area contributed by atoms with Crippen LogP contribution in [0.25, 0.3) is 0 Å². The summed E-state index contributed by atoms with van der Waals surface area (Å²) in [5, 5.41) is 17.2. The highest BCUT2D eigenvalue weighted by Crippen LogP contribution is 2.10. The number of rotatable bonds is 6. The third kappa shape index (κ3) is 3.41. The molecule has 0 saturated heterocycles. The molecule has 0 radical (unpaired) electrons. The monoisotopic (exact) mass is 222 g/mol. The van der Waals surface area contributed by atoms with E-state index >= 15 is 0 Å². The third-order valence-corrected chi connectivity index (χ3v) is 2.24. The van der Waals surface area contributed by atoms with Crippen molar-refractivity contribution < 1.29 is 14.3 Å². The van der Waals surface area contributed by atoms with Gasteiger partial charge in [0.15, 0.2) is 0 Å². The summed E-state index contributed by atoms with van der Waals surface area (Å²) in [4.78, 5) is 12.6. The van der Waals surface area contributed by atoms with E-state index in [2.05, 4.69) is 6.07 Å². The Kier molecular flexibility index (Phi) is 4.55. The Morgan fingerprint density at radius 3 is 2.88 bits per heavy atom. The van der Waals surface area contributed by atoms with E-state index in [0.717, 1.165) is 6.54 Å². The van der Waals surface area contributed by atoms with Gasteiger partial charge < -0.3 is 9.52 Å². The summed E-state index contributed by atoms with van der Waals surface area (Å²) in [7, 11) is 0. The van der Waals surface area contributed by atoms with Crippen molar-refractivity contribution >= 4 is 5.97 Å². The lowest BCUT2D eigenvalue weighted by Crippen LogP contribution is -2.23. The number of hydrogen-bond acceptors (Lipinski definition) is 4. The Morgan fingerprint density at radius 2 is 2.38 bits per heavy atom. The van der Waals surface area contributed by atoms with E-state index in [-0.39, 0.29) is 5.76 Å². The quantitative estimate of drug-likeness (QED) is 0.792. The summed E-state index contributed by atoms with van der Waals surface area (Å²) < 4.78 is 5.13. The molecule has 86 valence electrons. The topological polar surface area (TPSA) is 77.5 Å². The molecule has 0 fully saturated rings. The van der Waals surface area contributed by atoms with Crippen molar-refractivity contribution in [3.05, 3.63) is 23.7 Å². The maximum atomic E-state index is 10.6. The first kappa shape index (κ1) is 12.3. The Hall–Kier alpha value is -1.80. The molecule has 1 aromatic rings. The molecular weight excluding hydrogens is 208 g/mol. The maximum absolute atomic E-state index is 10.6. The van der Waals surface area contributed by atoms with E-state index in [1.807, 2.05) is 11.8 Å². The van der Waals surface area contributed by atoms with Gasteiger partial charge in [-0.15, -0.1) is 0 Å². The van der Waals surface area contributed by atoms with E-state index in [9.17, 15) is 4.79 Å². The van der Waals surface area contributed by atoms with Crippen LogP contribution >= 0.6 is 0 Å². The number of aromatic carboxylic acids is 1. The average Bonchev–Trinajstić information content (AvgIpc) is 2.72. The largest absolute Gasteiger partial charge is 0.475 e. The lowest BCUT2D eigenvalue weighted by atomic mass is 10.3. The Labute approximate surface area is 93.9 Å². The zero-order valence-corrected chi connectivity index (χ0v) is 9.14. The van der Waals surface area contributed by atoms with Crippen molar-refractivity contribution in [3.63, 3.8) is 0 Å². The molecule has 0 unspecified atom stereocenters. The third-order valence-electron chi connectivity index (χ3n) is 2.24. The molecule has 0 aliphatic carbocycles. The lowest BCUT2D eigenvalue weighted by molar-refractivity contribution is 0.0658. The van der Waals surface area contributed by atoms with Crippen LogP contribution in [-0.2, 0) is 6.54 Å². The summed E-state index contributed by atoms with van der Waals surface area (Å²) in [6, 6.07) is 5.17. The highest BCUT2D eigenvalue weighted by atomic mass is 16.4. The summed E-state index contributed by atoms with van der Waals surface area (Å²) in [5.74, 6) is -0.505. The molecule has 0 atom stereocenters. The molecule has 0 aliphatic rings. The molecule has 0 aromatic carbocycles. The molecule has 0 amide bonds. The number of hydrogen-bond donors (Lipinski definition) is 1. The fourth-order valence-electron chi connectivity index (χ4n) is 1.36. The summed E-state index contributed by atoms with van der Waals surface area (Å²) in [6.45, 7) is 3.98. The van der Waals surface area contributed by atoms with Gasteiger partial charge in [-0.1, -0.05) is 6.92 Å². The van der Waals surface area contributed by atoms with Gasteiger partial charge in [-0.3, -0.25) is 4.90 Å². The van der Waals surface area contributed by atoms with Crippen LogP contribution in [0.1, 0.15) is 29.7 Å². The normalized spacial score (nSPS) is 10.3. The number of nitriles is 1. The average molecular weight is 222 g/mol. The van der Waals surface area contributed by atoms with Crippen LogP contribution in [0.15, 0.2) is 16.5 Å². The molecule has 5 nitrogen and oxygen atoms in total. The molecule has 1 heterocycles. The molecule has 5 heteroatoms. The fourth-order valence-corrected chi connectivity index (χ4v) is 1.36. The van der Waals surface area contributed by atoms with Gasteiger partial charge in [-0.2, -0.15) is 5.26 Å². The summed E-state index contributed by atoms with van der Waals surface area (Å²) in [5.41, 5.74) is 0. The first-order valence-corrected chi connectivity index (χ1v) is 5.08. The first-order chi connectivity index (χ1) is 7.67. The molecule has 16 heavy (non-hydrogen) atoms. The molecule has 0 bridgehead atoms. The van der Waals surface area contributed by atoms with Crippen LogP contribution in [0, 0.1) is 11.3 Å². The summed E-state index contributed by atoms with van der Waals surface area (Å²) >= 11 is 0. The van der Waals surface area contributed by atoms with Crippen molar-refractivity contribution in [2.45, 2.75) is 19.9 Å². The predicted molar refractivity (Wildman–Crippen MR) is 56.8 cm³/mol. The minimum atomic E-state index is -1.06. The van der Waals surface area contributed by atoms with Crippen LogP contribution in [0.3, 0.4) is 0 Å². The molecule has 0 spiro atoms. The molecule has 1 aromatic heterocycles. The first-order valence-electron chi connectivity index (χ1n) is 5.08. The fraction of sp³-hybridized carbons (Fsp3) is 0.455.